The summed E-state index contributed by atoms with van der Waals surface area (Å²) in [5.41, 5.74) is 1.28. The summed E-state index contributed by atoms with van der Waals surface area (Å²) < 4.78 is 0. The van der Waals surface area contributed by atoms with Gasteiger partial charge in [0.2, 0.25) is 0 Å². The Morgan fingerprint density at radius 1 is 1.29 bits per heavy atom. The van der Waals surface area contributed by atoms with Gasteiger partial charge in [0.25, 0.3) is 0 Å². The molecule has 28 heavy (non-hydrogen) atoms. The first-order valence-electron chi connectivity index (χ1n) is 10.5. The normalized spacial score (nSPS) is 46.0. The third-order valence-corrected chi connectivity index (χ3v) is 8.73. The molecule has 0 aromatic heterocycles. The van der Waals surface area contributed by atoms with Gasteiger partial charge in [-0.25, -0.2) is 0 Å². The summed E-state index contributed by atoms with van der Waals surface area (Å²) in [5, 5.41) is 25.6. The maximum atomic E-state index is 11.1. The second-order valence-electron chi connectivity index (χ2n) is 9.73. The molecule has 3 fully saturated rings. The Morgan fingerprint density at radius 3 is 2.75 bits per heavy atom. The van der Waals surface area contributed by atoms with E-state index in [1.54, 1.807) is 0 Å². The number of fused-ring (bicyclic) bond motifs is 5. The molecule has 0 amide bonds. The number of carbonyl (C=O) groups excluding carboxylic acids is 1. The van der Waals surface area contributed by atoms with Gasteiger partial charge in [-0.3, -0.25) is 0 Å². The smallest absolute Gasteiger partial charge is 0.156 e. The zero-order valence-electron chi connectivity index (χ0n) is 16.9. The van der Waals surface area contributed by atoms with Gasteiger partial charge >= 0.3 is 0 Å². The third kappa shape index (κ3) is 2.72. The standard InChI is InChI=1S/C23H31NO4/c1-4-23(27)12-9-19-17-6-5-15-13-16(24-28-14-20(25)26)7-10-21(15,2)18(17)8-11-22(19,23)3/h1,13,17-19,27H,5-12,14H2,2-3H3,(H,25,26)/p-1/t17-,18-,19-,21+,22+,23-/m1/s1. The molecule has 0 heterocycles. The summed E-state index contributed by atoms with van der Waals surface area (Å²) in [5.74, 6) is 3.19. The molecule has 0 aliphatic heterocycles. The van der Waals surface area contributed by atoms with Crippen LogP contribution in [0.15, 0.2) is 16.8 Å². The number of aliphatic hydroxyl groups is 1. The maximum absolute atomic E-state index is 11.1. The molecule has 0 aromatic rings. The Bertz CT molecular complexity index is 780. The predicted molar refractivity (Wildman–Crippen MR) is 104 cm³/mol. The SMILES string of the molecule is C#C[C@@]1(O)CC[C@@H]2[C@@H]3CCC4=CC(=NOCC(=O)[O-])CC[C@]4(C)[C@@H]3CC[C@@]21C. The van der Waals surface area contributed by atoms with Crippen LogP contribution < -0.4 is 5.11 Å². The summed E-state index contributed by atoms with van der Waals surface area (Å²) in [4.78, 5) is 15.4. The van der Waals surface area contributed by atoms with Crippen LogP contribution in [-0.4, -0.2) is 29.0 Å². The van der Waals surface area contributed by atoms with Crippen molar-refractivity contribution in [3.8, 4) is 12.3 Å². The number of carbonyl (C=O) groups is 1. The lowest BCUT2D eigenvalue weighted by atomic mass is 9.46. The molecule has 0 aromatic carbocycles. The van der Waals surface area contributed by atoms with E-state index in [2.05, 4.69) is 31.0 Å². The molecule has 4 rings (SSSR count). The van der Waals surface area contributed by atoms with Crippen molar-refractivity contribution in [2.24, 2.45) is 33.7 Å². The Kier molecular flexibility index (Phi) is 4.62. The van der Waals surface area contributed by atoms with Crippen LogP contribution in [0.3, 0.4) is 0 Å². The number of aliphatic carboxylic acids is 1. The van der Waals surface area contributed by atoms with E-state index in [1.165, 1.54) is 5.57 Å². The lowest BCUT2D eigenvalue weighted by Gasteiger charge is -2.58. The van der Waals surface area contributed by atoms with E-state index >= 15 is 0 Å². The Morgan fingerprint density at radius 2 is 2.04 bits per heavy atom. The molecule has 0 radical (unpaired) electrons. The lowest BCUT2D eigenvalue weighted by molar-refractivity contribution is -0.309. The zero-order chi connectivity index (χ0) is 20.2. The van der Waals surface area contributed by atoms with Crippen molar-refractivity contribution in [1.29, 1.82) is 0 Å². The van der Waals surface area contributed by atoms with Crippen molar-refractivity contribution >= 4 is 11.7 Å². The van der Waals surface area contributed by atoms with Gasteiger partial charge in [-0.1, -0.05) is 30.5 Å². The molecule has 0 bridgehead atoms. The zero-order valence-corrected chi connectivity index (χ0v) is 16.9. The van der Waals surface area contributed by atoms with Crippen LogP contribution in [-0.2, 0) is 9.63 Å². The third-order valence-electron chi connectivity index (χ3n) is 8.73. The largest absolute Gasteiger partial charge is 0.546 e. The number of hydrogen-bond acceptors (Lipinski definition) is 5. The first-order valence-corrected chi connectivity index (χ1v) is 10.5. The van der Waals surface area contributed by atoms with E-state index in [9.17, 15) is 15.0 Å². The van der Waals surface area contributed by atoms with Crippen molar-refractivity contribution in [2.45, 2.75) is 70.8 Å². The maximum Gasteiger partial charge on any atom is 0.156 e. The average molecular weight is 384 g/mol. The fourth-order valence-electron chi connectivity index (χ4n) is 7.06. The second-order valence-corrected chi connectivity index (χ2v) is 9.73. The molecule has 4 aliphatic carbocycles. The Hall–Kier alpha value is -1.80. The second kappa shape index (κ2) is 6.62. The molecule has 0 saturated heterocycles. The van der Waals surface area contributed by atoms with Gasteiger partial charge < -0.3 is 19.8 Å². The molecule has 152 valence electrons. The van der Waals surface area contributed by atoms with E-state index in [1.807, 2.05) is 0 Å². The van der Waals surface area contributed by atoms with E-state index in [0.717, 1.165) is 57.1 Å². The first kappa shape index (κ1) is 19.5. The minimum Gasteiger partial charge on any atom is -0.546 e. The van der Waals surface area contributed by atoms with Crippen LogP contribution >= 0.6 is 0 Å². The number of hydrogen-bond donors (Lipinski definition) is 1. The molecule has 3 saturated carbocycles. The minimum atomic E-state index is -1.26. The van der Waals surface area contributed by atoms with Gasteiger partial charge in [-0.05, 0) is 80.6 Å². The molecule has 4 aliphatic rings. The van der Waals surface area contributed by atoms with Gasteiger partial charge in [0.15, 0.2) is 6.61 Å². The molecule has 5 nitrogen and oxygen atoms in total. The highest BCUT2D eigenvalue weighted by Gasteiger charge is 2.63. The average Bonchev–Trinajstić information content (AvgIpc) is 2.93. The van der Waals surface area contributed by atoms with Crippen LogP contribution in [0.1, 0.15) is 65.2 Å². The highest BCUT2D eigenvalue weighted by Crippen LogP contribution is 2.67. The number of terminal acetylenes is 1. The molecular formula is C23H30NO4-. The molecule has 5 heteroatoms. The van der Waals surface area contributed by atoms with Crippen molar-refractivity contribution < 1.29 is 19.8 Å². The summed E-state index contributed by atoms with van der Waals surface area (Å²) in [7, 11) is 0. The number of nitrogens with zero attached hydrogens (tertiary/aromatic N) is 1. The number of carboxylic acids is 1. The summed E-state index contributed by atoms with van der Waals surface area (Å²) in [6, 6.07) is 0. The molecule has 1 N–H and O–H groups in total. The number of oxime groups is 1. The van der Waals surface area contributed by atoms with Gasteiger partial charge in [0.05, 0.1) is 11.7 Å². The van der Waals surface area contributed by atoms with Crippen molar-refractivity contribution in [3.05, 3.63) is 11.6 Å². The van der Waals surface area contributed by atoms with E-state index < -0.39 is 18.2 Å². The Labute approximate surface area is 167 Å². The molecule has 0 spiro atoms. The summed E-state index contributed by atoms with van der Waals surface area (Å²) in [6.45, 7) is 4.10. The highest BCUT2D eigenvalue weighted by atomic mass is 16.6. The van der Waals surface area contributed by atoms with Gasteiger partial charge in [0.1, 0.15) is 5.60 Å². The van der Waals surface area contributed by atoms with Crippen molar-refractivity contribution in [2.75, 3.05) is 6.61 Å². The monoisotopic (exact) mass is 384 g/mol. The minimum absolute atomic E-state index is 0.147. The summed E-state index contributed by atoms with van der Waals surface area (Å²) >= 11 is 0. The predicted octanol–water partition coefficient (Wildman–Crippen LogP) is 2.44. The quantitative estimate of drug-likeness (QED) is 0.598. The van der Waals surface area contributed by atoms with E-state index in [0.29, 0.717) is 17.8 Å². The van der Waals surface area contributed by atoms with Crippen LogP contribution in [0, 0.1) is 40.9 Å². The fraction of sp³-hybridized carbons (Fsp3) is 0.739. The molecular weight excluding hydrogens is 354 g/mol. The van der Waals surface area contributed by atoms with Gasteiger partial charge in [-0.2, -0.15) is 0 Å². The Balaban J connectivity index is 1.57. The van der Waals surface area contributed by atoms with Gasteiger partial charge in [-0.15, -0.1) is 6.42 Å². The fourth-order valence-corrected chi connectivity index (χ4v) is 7.06. The van der Waals surface area contributed by atoms with E-state index in [4.69, 9.17) is 11.3 Å². The molecule has 0 unspecified atom stereocenters. The topological polar surface area (TPSA) is 82.0 Å². The van der Waals surface area contributed by atoms with Crippen LogP contribution in [0.2, 0.25) is 0 Å². The van der Waals surface area contributed by atoms with Crippen molar-refractivity contribution in [3.63, 3.8) is 0 Å². The molecule has 6 atom stereocenters. The van der Waals surface area contributed by atoms with Crippen LogP contribution in [0.5, 0.6) is 0 Å². The first-order chi connectivity index (χ1) is 13.2. The van der Waals surface area contributed by atoms with Gasteiger partial charge in [0, 0.05) is 5.41 Å². The van der Waals surface area contributed by atoms with E-state index in [-0.39, 0.29) is 10.8 Å². The van der Waals surface area contributed by atoms with Crippen molar-refractivity contribution in [1.82, 2.24) is 0 Å². The summed E-state index contributed by atoms with van der Waals surface area (Å²) in [6.07, 6.45) is 15.7. The number of rotatable bonds is 3. The van der Waals surface area contributed by atoms with Crippen LogP contribution in [0.4, 0.5) is 0 Å². The number of carboxylic acid groups (broad SMARTS) is 1. The lowest BCUT2D eigenvalue weighted by Crippen LogP contribution is -2.54. The highest BCUT2D eigenvalue weighted by molar-refractivity contribution is 5.96. The van der Waals surface area contributed by atoms with Crippen LogP contribution in [0.25, 0.3) is 0 Å². The number of allylic oxidation sites excluding steroid dienone is 2.